The van der Waals surface area contributed by atoms with Crippen molar-refractivity contribution in [1.29, 1.82) is 5.26 Å². The molecule has 0 aromatic heterocycles. The van der Waals surface area contributed by atoms with Crippen LogP contribution in [0.2, 0.25) is 0 Å². The monoisotopic (exact) mass is 385 g/mol. The van der Waals surface area contributed by atoms with E-state index < -0.39 is 5.60 Å². The van der Waals surface area contributed by atoms with Crippen LogP contribution in [0.4, 0.5) is 0 Å². The average Bonchev–Trinajstić information content (AvgIpc) is 2.62. The van der Waals surface area contributed by atoms with Crippen LogP contribution in [0.15, 0.2) is 47.0 Å². The predicted octanol–water partition coefficient (Wildman–Crippen LogP) is 6.66. The smallest absolute Gasteiger partial charge is 0.307 e. The van der Waals surface area contributed by atoms with E-state index >= 15 is 0 Å². The first-order valence-electron chi connectivity index (χ1n) is 10.2. The molecule has 0 amide bonds. The molecule has 0 aromatic rings. The van der Waals surface area contributed by atoms with Gasteiger partial charge in [0.2, 0.25) is 0 Å². The minimum atomic E-state index is -0.818. The summed E-state index contributed by atoms with van der Waals surface area (Å²) in [6.07, 6.45) is 15.1. The molecule has 154 valence electrons. The maximum atomic E-state index is 11.0. The van der Waals surface area contributed by atoms with Crippen LogP contribution >= 0.6 is 0 Å². The Balaban J connectivity index is 2.40. The van der Waals surface area contributed by atoms with Crippen molar-refractivity contribution < 1.29 is 14.3 Å². The molecular formula is C24H35NO3. The molecule has 0 bridgehead atoms. The van der Waals surface area contributed by atoms with Gasteiger partial charge in [-0.25, -0.2) is 0 Å². The minimum Gasteiger partial charge on any atom is -0.476 e. The van der Waals surface area contributed by atoms with Crippen LogP contribution in [0.25, 0.3) is 0 Å². The summed E-state index contributed by atoms with van der Waals surface area (Å²) in [7, 11) is 0. The molecule has 4 heteroatoms. The summed E-state index contributed by atoms with van der Waals surface area (Å²) in [5, 5.41) is 9.54. The third-order valence-electron chi connectivity index (χ3n) is 4.83. The highest BCUT2D eigenvalue weighted by atomic mass is 16.6. The second kappa shape index (κ2) is 12.2. The van der Waals surface area contributed by atoms with E-state index in [2.05, 4.69) is 52.0 Å². The first-order valence-corrected chi connectivity index (χ1v) is 10.2. The fraction of sp³-hybridized carbons (Fsp3) is 0.583. The third kappa shape index (κ3) is 9.60. The molecule has 0 N–H and O–H groups in total. The topological polar surface area (TPSA) is 59.3 Å². The highest BCUT2D eigenvalue weighted by Crippen LogP contribution is 2.31. The van der Waals surface area contributed by atoms with Gasteiger partial charge >= 0.3 is 5.97 Å². The molecule has 0 saturated heterocycles. The maximum Gasteiger partial charge on any atom is 0.307 e. The molecule has 4 nitrogen and oxygen atoms in total. The molecule has 0 spiro atoms. The maximum absolute atomic E-state index is 11.0. The molecule has 0 fully saturated rings. The van der Waals surface area contributed by atoms with E-state index in [1.165, 1.54) is 29.9 Å². The van der Waals surface area contributed by atoms with Gasteiger partial charge in [-0.1, -0.05) is 34.9 Å². The van der Waals surface area contributed by atoms with Gasteiger partial charge < -0.3 is 9.47 Å². The van der Waals surface area contributed by atoms with Crippen molar-refractivity contribution in [3.8, 4) is 6.07 Å². The standard InChI is InChI=1S/C24H35NO3/c1-19(2)9-6-10-20(3)11-7-12-21(4)13-8-15-24(18-25)16-14-23(17-27-24)28-22(5)26/h9,11,13,17H,6-8,10,12,14-16H2,1-5H3/b20-11+,21-13+. The molecule has 0 saturated carbocycles. The van der Waals surface area contributed by atoms with E-state index in [1.807, 2.05) is 0 Å². The van der Waals surface area contributed by atoms with E-state index in [0.717, 1.165) is 32.1 Å². The van der Waals surface area contributed by atoms with Crippen LogP contribution in [0, 0.1) is 11.3 Å². The number of carbonyl (C=O) groups excluding carboxylic acids is 1. The second-order valence-electron chi connectivity index (χ2n) is 7.90. The van der Waals surface area contributed by atoms with Crippen molar-refractivity contribution >= 4 is 5.97 Å². The summed E-state index contributed by atoms with van der Waals surface area (Å²) >= 11 is 0. The van der Waals surface area contributed by atoms with Crippen molar-refractivity contribution in [2.45, 2.75) is 91.6 Å². The fourth-order valence-electron chi connectivity index (χ4n) is 3.09. The Morgan fingerprint density at radius 3 is 2.21 bits per heavy atom. The molecule has 1 aliphatic rings. The lowest BCUT2D eigenvalue weighted by atomic mass is 9.91. The quantitative estimate of drug-likeness (QED) is 0.311. The van der Waals surface area contributed by atoms with Crippen LogP contribution in [0.5, 0.6) is 0 Å². The highest BCUT2D eigenvalue weighted by Gasteiger charge is 2.34. The summed E-state index contributed by atoms with van der Waals surface area (Å²) in [5.41, 5.74) is 3.34. The number of nitriles is 1. The van der Waals surface area contributed by atoms with Crippen LogP contribution in [0.1, 0.15) is 86.0 Å². The Hall–Kier alpha value is -2.28. The van der Waals surface area contributed by atoms with E-state index in [9.17, 15) is 10.1 Å². The number of carbonyl (C=O) groups is 1. The zero-order valence-corrected chi connectivity index (χ0v) is 18.1. The second-order valence-corrected chi connectivity index (χ2v) is 7.90. The first kappa shape index (κ1) is 23.8. The van der Waals surface area contributed by atoms with Gasteiger partial charge in [0.05, 0.1) is 0 Å². The lowest BCUT2D eigenvalue weighted by molar-refractivity contribution is -0.138. The first-order chi connectivity index (χ1) is 13.3. The Kier molecular flexibility index (Phi) is 10.4. The van der Waals surface area contributed by atoms with Gasteiger partial charge in [0.1, 0.15) is 18.1 Å². The third-order valence-corrected chi connectivity index (χ3v) is 4.83. The molecule has 1 rings (SSSR count). The molecule has 28 heavy (non-hydrogen) atoms. The lowest BCUT2D eigenvalue weighted by Gasteiger charge is -2.29. The van der Waals surface area contributed by atoms with E-state index in [4.69, 9.17) is 9.47 Å². The zero-order valence-electron chi connectivity index (χ0n) is 18.1. The van der Waals surface area contributed by atoms with E-state index in [0.29, 0.717) is 25.0 Å². The SMILES string of the molecule is CC(=O)OC1=COC(C#N)(CC/C=C(\C)CC/C=C(\C)CCC=C(C)C)CC1. The fourth-order valence-corrected chi connectivity index (χ4v) is 3.09. The van der Waals surface area contributed by atoms with Gasteiger partial charge in [0.25, 0.3) is 0 Å². The van der Waals surface area contributed by atoms with Gasteiger partial charge in [-0.05, 0) is 59.8 Å². The van der Waals surface area contributed by atoms with E-state index in [-0.39, 0.29) is 5.97 Å². The van der Waals surface area contributed by atoms with Crippen LogP contribution in [-0.2, 0) is 14.3 Å². The van der Waals surface area contributed by atoms with Gasteiger partial charge in [-0.3, -0.25) is 4.79 Å². The van der Waals surface area contributed by atoms with Gasteiger partial charge in [0, 0.05) is 26.2 Å². The summed E-state index contributed by atoms with van der Waals surface area (Å²) in [4.78, 5) is 11.0. The van der Waals surface area contributed by atoms with Crippen LogP contribution < -0.4 is 0 Å². The molecule has 1 aliphatic heterocycles. The Labute approximate surface area is 170 Å². The van der Waals surface area contributed by atoms with Gasteiger partial charge in [-0.2, -0.15) is 5.26 Å². The minimum absolute atomic E-state index is 0.362. The lowest BCUT2D eigenvalue weighted by Crippen LogP contribution is -2.32. The van der Waals surface area contributed by atoms with E-state index in [1.54, 1.807) is 0 Å². The number of allylic oxidation sites excluding steroid dienone is 7. The molecule has 0 aliphatic carbocycles. The van der Waals surface area contributed by atoms with Crippen LogP contribution in [-0.4, -0.2) is 11.6 Å². The van der Waals surface area contributed by atoms with Gasteiger partial charge in [0.15, 0.2) is 5.60 Å². The van der Waals surface area contributed by atoms with Crippen molar-refractivity contribution in [1.82, 2.24) is 0 Å². The molecule has 0 aromatic carbocycles. The van der Waals surface area contributed by atoms with Crippen molar-refractivity contribution in [2.24, 2.45) is 0 Å². The van der Waals surface area contributed by atoms with Crippen molar-refractivity contribution in [3.05, 3.63) is 47.0 Å². The predicted molar refractivity (Wildman–Crippen MR) is 113 cm³/mol. The summed E-state index contributed by atoms with van der Waals surface area (Å²) in [5.74, 6) is 0.135. The average molecular weight is 386 g/mol. The largest absolute Gasteiger partial charge is 0.476 e. The zero-order chi connectivity index (χ0) is 21.0. The molecule has 1 unspecified atom stereocenters. The molecule has 1 heterocycles. The number of nitrogens with zero attached hydrogens (tertiary/aromatic N) is 1. The Bertz CT molecular complexity index is 687. The van der Waals surface area contributed by atoms with Crippen molar-refractivity contribution in [2.75, 3.05) is 0 Å². The summed E-state index contributed by atoms with van der Waals surface area (Å²) in [6, 6.07) is 2.30. The number of ether oxygens (including phenoxy) is 2. The number of hydrogen-bond acceptors (Lipinski definition) is 4. The van der Waals surface area contributed by atoms with Crippen LogP contribution in [0.3, 0.4) is 0 Å². The number of esters is 1. The summed E-state index contributed by atoms with van der Waals surface area (Å²) in [6.45, 7) is 9.98. The normalized spacial score (nSPS) is 19.9. The highest BCUT2D eigenvalue weighted by molar-refractivity contribution is 5.67. The summed E-state index contributed by atoms with van der Waals surface area (Å²) < 4.78 is 10.7. The van der Waals surface area contributed by atoms with Crippen molar-refractivity contribution in [3.63, 3.8) is 0 Å². The number of hydrogen-bond donors (Lipinski definition) is 0. The molecule has 0 radical (unpaired) electrons. The number of rotatable bonds is 10. The Morgan fingerprint density at radius 1 is 1.11 bits per heavy atom. The van der Waals surface area contributed by atoms with Gasteiger partial charge in [-0.15, -0.1) is 0 Å². The Morgan fingerprint density at radius 2 is 1.71 bits per heavy atom. The molecular weight excluding hydrogens is 350 g/mol. The molecule has 1 atom stereocenters.